The molecule has 1 aliphatic rings. The summed E-state index contributed by atoms with van der Waals surface area (Å²) in [6.07, 6.45) is 1.88. The lowest BCUT2D eigenvalue weighted by Gasteiger charge is -2.29. The van der Waals surface area contributed by atoms with Gasteiger partial charge >= 0.3 is 5.97 Å². The normalized spacial score (nSPS) is 17.2. The van der Waals surface area contributed by atoms with E-state index >= 15 is 0 Å². The van der Waals surface area contributed by atoms with Crippen molar-refractivity contribution in [2.45, 2.75) is 18.9 Å². The number of ether oxygens (including phenoxy) is 1. The van der Waals surface area contributed by atoms with Crippen molar-refractivity contribution >= 4 is 28.3 Å². The highest BCUT2D eigenvalue weighted by Gasteiger charge is 2.23. The number of nitrogens with two attached hydrogens (primary N) is 2. The van der Waals surface area contributed by atoms with Gasteiger partial charge in [0.2, 0.25) is 0 Å². The molecule has 1 saturated heterocycles. The van der Waals surface area contributed by atoms with Crippen LogP contribution in [0.25, 0.3) is 0 Å². The van der Waals surface area contributed by atoms with Crippen LogP contribution in [0.4, 0.5) is 10.9 Å². The Labute approximate surface area is 104 Å². The lowest BCUT2D eigenvalue weighted by Crippen LogP contribution is -2.39. The van der Waals surface area contributed by atoms with E-state index in [-0.39, 0.29) is 11.9 Å². The summed E-state index contributed by atoms with van der Waals surface area (Å²) in [6, 6.07) is 0.267. The van der Waals surface area contributed by atoms with Gasteiger partial charge in [-0.3, -0.25) is 0 Å². The molecule has 1 aromatic heterocycles. The summed E-state index contributed by atoms with van der Waals surface area (Å²) in [4.78, 5) is 18.1. The number of aromatic nitrogens is 1. The van der Waals surface area contributed by atoms with Gasteiger partial charge in [0.25, 0.3) is 0 Å². The average molecular weight is 256 g/mol. The molecule has 0 spiro atoms. The Morgan fingerprint density at radius 3 is 2.76 bits per heavy atom. The minimum atomic E-state index is -0.431. The highest BCUT2D eigenvalue weighted by atomic mass is 32.1. The van der Waals surface area contributed by atoms with Gasteiger partial charge in [-0.25, -0.2) is 9.78 Å². The highest BCUT2D eigenvalue weighted by Crippen LogP contribution is 2.30. The third kappa shape index (κ3) is 2.50. The number of hydrogen-bond acceptors (Lipinski definition) is 7. The number of carbonyl (C=O) groups excluding carboxylic acids is 1. The van der Waals surface area contributed by atoms with Crippen molar-refractivity contribution in [3.8, 4) is 0 Å². The number of piperidine rings is 1. The lowest BCUT2D eigenvalue weighted by molar-refractivity contribution is 0.0607. The monoisotopic (exact) mass is 256 g/mol. The second kappa shape index (κ2) is 4.89. The molecular formula is C10H16N4O2S. The summed E-state index contributed by atoms with van der Waals surface area (Å²) < 4.78 is 4.65. The van der Waals surface area contributed by atoms with E-state index in [2.05, 4.69) is 14.6 Å². The van der Waals surface area contributed by atoms with E-state index in [4.69, 9.17) is 11.5 Å². The molecule has 1 aromatic rings. The Morgan fingerprint density at radius 1 is 1.53 bits per heavy atom. The van der Waals surface area contributed by atoms with Crippen molar-refractivity contribution in [3.63, 3.8) is 0 Å². The maximum absolute atomic E-state index is 11.4. The molecule has 0 amide bonds. The van der Waals surface area contributed by atoms with Gasteiger partial charge in [0, 0.05) is 19.1 Å². The fourth-order valence-electron chi connectivity index (χ4n) is 1.79. The van der Waals surface area contributed by atoms with E-state index in [1.807, 2.05) is 0 Å². The maximum Gasteiger partial charge on any atom is 0.351 e. The number of methoxy groups -OCH3 is 1. The van der Waals surface area contributed by atoms with Gasteiger partial charge in [0.15, 0.2) is 15.8 Å². The smallest absolute Gasteiger partial charge is 0.351 e. The second-order valence-electron chi connectivity index (χ2n) is 4.03. The van der Waals surface area contributed by atoms with E-state index in [0.29, 0.717) is 4.88 Å². The molecule has 7 heteroatoms. The largest absolute Gasteiger partial charge is 0.465 e. The number of carbonyl (C=O) groups is 1. The van der Waals surface area contributed by atoms with Crippen molar-refractivity contribution in [1.82, 2.24) is 4.98 Å². The average Bonchev–Trinajstić information content (AvgIpc) is 2.71. The second-order valence-corrected chi connectivity index (χ2v) is 5.00. The topological polar surface area (TPSA) is 94.5 Å². The molecular weight excluding hydrogens is 240 g/mol. The molecule has 17 heavy (non-hydrogen) atoms. The summed E-state index contributed by atoms with van der Waals surface area (Å²) in [5.74, 6) is -0.188. The number of nitrogens with zero attached hydrogens (tertiary/aromatic N) is 2. The van der Waals surface area contributed by atoms with Crippen molar-refractivity contribution in [3.05, 3.63) is 4.88 Å². The molecule has 4 N–H and O–H groups in total. The zero-order chi connectivity index (χ0) is 12.4. The zero-order valence-electron chi connectivity index (χ0n) is 9.68. The molecule has 0 aliphatic carbocycles. The first-order valence-electron chi connectivity index (χ1n) is 5.47. The highest BCUT2D eigenvalue weighted by molar-refractivity contribution is 7.18. The van der Waals surface area contributed by atoms with E-state index in [9.17, 15) is 4.79 Å². The minimum absolute atomic E-state index is 0.242. The van der Waals surface area contributed by atoms with E-state index in [1.165, 1.54) is 18.4 Å². The minimum Gasteiger partial charge on any atom is -0.465 e. The Morgan fingerprint density at radius 2 is 2.18 bits per heavy atom. The van der Waals surface area contributed by atoms with Crippen LogP contribution >= 0.6 is 11.3 Å². The number of hydrogen-bond donors (Lipinski definition) is 2. The van der Waals surface area contributed by atoms with Crippen molar-refractivity contribution in [2.75, 3.05) is 30.8 Å². The van der Waals surface area contributed by atoms with Gasteiger partial charge in [-0.2, -0.15) is 0 Å². The van der Waals surface area contributed by atoms with Crippen LogP contribution in [0.15, 0.2) is 0 Å². The van der Waals surface area contributed by atoms with Crippen LogP contribution in [-0.2, 0) is 4.74 Å². The lowest BCUT2D eigenvalue weighted by atomic mass is 10.1. The first-order chi connectivity index (χ1) is 8.11. The van der Waals surface area contributed by atoms with Gasteiger partial charge < -0.3 is 21.1 Å². The van der Waals surface area contributed by atoms with Gasteiger partial charge in [-0.05, 0) is 12.8 Å². The molecule has 0 saturated carbocycles. The van der Waals surface area contributed by atoms with Crippen LogP contribution in [0.1, 0.15) is 22.5 Å². The Hall–Kier alpha value is -1.34. The first kappa shape index (κ1) is 12.1. The molecule has 1 aliphatic heterocycles. The van der Waals surface area contributed by atoms with Gasteiger partial charge in [0.05, 0.1) is 7.11 Å². The summed E-state index contributed by atoms with van der Waals surface area (Å²) in [6.45, 7) is 1.71. The maximum atomic E-state index is 11.4. The van der Waals surface area contributed by atoms with Crippen LogP contribution < -0.4 is 16.4 Å². The first-order valence-corrected chi connectivity index (χ1v) is 6.28. The fraction of sp³-hybridized carbons (Fsp3) is 0.600. The molecule has 94 valence electrons. The van der Waals surface area contributed by atoms with E-state index < -0.39 is 5.97 Å². The van der Waals surface area contributed by atoms with E-state index in [1.54, 1.807) is 0 Å². The molecule has 0 radical (unpaired) electrons. The molecule has 0 atom stereocenters. The molecule has 0 bridgehead atoms. The quantitative estimate of drug-likeness (QED) is 0.746. The van der Waals surface area contributed by atoms with Gasteiger partial charge in [-0.1, -0.05) is 11.3 Å². The number of anilines is 2. The zero-order valence-corrected chi connectivity index (χ0v) is 10.5. The van der Waals surface area contributed by atoms with Crippen LogP contribution in [0, 0.1) is 0 Å². The van der Waals surface area contributed by atoms with Crippen LogP contribution in [0.5, 0.6) is 0 Å². The van der Waals surface area contributed by atoms with Gasteiger partial charge in [0.1, 0.15) is 0 Å². The Balaban J connectivity index is 2.14. The molecule has 1 fully saturated rings. The third-order valence-electron chi connectivity index (χ3n) is 2.82. The van der Waals surface area contributed by atoms with Crippen LogP contribution in [-0.4, -0.2) is 37.2 Å². The van der Waals surface area contributed by atoms with Crippen LogP contribution in [0.3, 0.4) is 0 Å². The Kier molecular flexibility index (Phi) is 3.49. The number of nitrogen functional groups attached to an aromatic ring is 1. The fourth-order valence-corrected chi connectivity index (χ4v) is 2.74. The number of esters is 1. The Bertz CT molecular complexity index is 412. The predicted molar refractivity (Wildman–Crippen MR) is 67.3 cm³/mol. The predicted octanol–water partition coefficient (Wildman–Crippen LogP) is 0.439. The molecule has 6 nitrogen and oxygen atoms in total. The summed E-state index contributed by atoms with van der Waals surface area (Å²) in [7, 11) is 1.33. The molecule has 0 aromatic carbocycles. The summed E-state index contributed by atoms with van der Waals surface area (Å²) >= 11 is 1.27. The molecule has 0 unspecified atom stereocenters. The number of thiazole rings is 1. The number of rotatable bonds is 2. The van der Waals surface area contributed by atoms with Gasteiger partial charge in [-0.15, -0.1) is 0 Å². The van der Waals surface area contributed by atoms with E-state index in [0.717, 1.165) is 31.1 Å². The van der Waals surface area contributed by atoms with Crippen molar-refractivity contribution in [1.29, 1.82) is 0 Å². The van der Waals surface area contributed by atoms with Crippen molar-refractivity contribution < 1.29 is 9.53 Å². The van der Waals surface area contributed by atoms with Crippen molar-refractivity contribution in [2.24, 2.45) is 5.73 Å². The molecule has 2 heterocycles. The SMILES string of the molecule is COC(=O)c1sc(N2CCC(N)CC2)nc1N. The summed E-state index contributed by atoms with van der Waals surface area (Å²) in [5, 5.41) is 0.773. The summed E-state index contributed by atoms with van der Waals surface area (Å²) in [5.41, 5.74) is 11.5. The van der Waals surface area contributed by atoms with Crippen LogP contribution in [0.2, 0.25) is 0 Å². The molecule has 2 rings (SSSR count). The third-order valence-corrected chi connectivity index (χ3v) is 3.93. The standard InChI is InChI=1S/C10H16N4O2S/c1-16-9(15)7-8(12)13-10(17-7)14-4-2-6(11)3-5-14/h6H,2-5,11-12H2,1H3.